The van der Waals surface area contributed by atoms with Gasteiger partial charge in [-0.15, -0.1) is 6.58 Å². The molecule has 4 rings (SSSR count). The largest absolute Gasteiger partial charge is 0.103 e. The van der Waals surface area contributed by atoms with Gasteiger partial charge in [0.2, 0.25) is 0 Å². The first-order chi connectivity index (χ1) is 10.4. The van der Waals surface area contributed by atoms with Gasteiger partial charge in [0, 0.05) is 0 Å². The standard InChI is InChI=1S/C21H20/c1-2-6-15-8-5-10-19-18(15)13-14-20-17-9-4-3-7-16(17)11-12-21(19)20/h2-4,7,9-10,12-15H,1,5-6,8,11H2. The molecule has 0 N–H and O–H groups in total. The van der Waals surface area contributed by atoms with Crippen LogP contribution in [0.3, 0.4) is 0 Å². The predicted molar refractivity (Wildman–Crippen MR) is 90.6 cm³/mol. The Hall–Kier alpha value is -2.08. The average molecular weight is 272 g/mol. The van der Waals surface area contributed by atoms with E-state index in [0.717, 1.165) is 12.8 Å². The molecule has 2 aromatic rings. The fourth-order valence-electron chi connectivity index (χ4n) is 3.90. The average Bonchev–Trinajstić information content (AvgIpc) is 2.55. The fraction of sp³-hybridized carbons (Fsp3) is 0.238. The van der Waals surface area contributed by atoms with Gasteiger partial charge in [-0.25, -0.2) is 0 Å². The fourth-order valence-corrected chi connectivity index (χ4v) is 3.90. The quantitative estimate of drug-likeness (QED) is 0.727. The van der Waals surface area contributed by atoms with Crippen LogP contribution >= 0.6 is 0 Å². The predicted octanol–water partition coefficient (Wildman–Crippen LogP) is 3.92. The van der Waals surface area contributed by atoms with Crippen molar-refractivity contribution in [3.63, 3.8) is 0 Å². The minimum absolute atomic E-state index is 0.651. The highest BCUT2D eigenvalue weighted by molar-refractivity contribution is 5.74. The van der Waals surface area contributed by atoms with Crippen molar-refractivity contribution in [2.75, 3.05) is 0 Å². The maximum absolute atomic E-state index is 3.93. The number of benzene rings is 2. The summed E-state index contributed by atoms with van der Waals surface area (Å²) in [5.41, 5.74) is 5.79. The summed E-state index contributed by atoms with van der Waals surface area (Å²) in [5, 5.41) is 2.94. The minimum Gasteiger partial charge on any atom is -0.103 e. The van der Waals surface area contributed by atoms with E-state index >= 15 is 0 Å². The van der Waals surface area contributed by atoms with Crippen LogP contribution in [0.5, 0.6) is 0 Å². The number of fused-ring (bicyclic) bond motifs is 5. The van der Waals surface area contributed by atoms with Crippen molar-refractivity contribution in [1.29, 1.82) is 0 Å². The lowest BCUT2D eigenvalue weighted by molar-refractivity contribution is 0.633. The molecule has 1 atom stereocenters. The van der Waals surface area contributed by atoms with E-state index in [9.17, 15) is 0 Å². The monoisotopic (exact) mass is 272 g/mol. The van der Waals surface area contributed by atoms with Crippen LogP contribution in [-0.4, -0.2) is 0 Å². The third-order valence-corrected chi connectivity index (χ3v) is 4.91. The molecule has 0 fully saturated rings. The van der Waals surface area contributed by atoms with E-state index in [2.05, 4.69) is 61.2 Å². The molecule has 1 unspecified atom stereocenters. The van der Waals surface area contributed by atoms with Gasteiger partial charge in [0.05, 0.1) is 0 Å². The molecule has 2 aromatic carbocycles. The summed E-state index contributed by atoms with van der Waals surface area (Å²) in [5.74, 6) is 0.651. The van der Waals surface area contributed by atoms with Gasteiger partial charge in [-0.3, -0.25) is 0 Å². The summed E-state index contributed by atoms with van der Waals surface area (Å²) in [6, 6.07) is 13.5. The zero-order valence-electron chi connectivity index (χ0n) is 12.3. The van der Waals surface area contributed by atoms with E-state index in [1.54, 1.807) is 0 Å². The van der Waals surface area contributed by atoms with Gasteiger partial charge < -0.3 is 0 Å². The Bertz CT molecular complexity index is 824. The summed E-state index contributed by atoms with van der Waals surface area (Å²) in [7, 11) is 0. The molecule has 0 aliphatic heterocycles. The molecule has 21 heavy (non-hydrogen) atoms. The van der Waals surface area contributed by atoms with Crippen LogP contribution < -0.4 is 10.4 Å². The first kappa shape index (κ1) is 12.6. The van der Waals surface area contributed by atoms with Gasteiger partial charge in [-0.2, -0.15) is 0 Å². The zero-order chi connectivity index (χ0) is 14.2. The second kappa shape index (κ2) is 5.04. The molecule has 2 aliphatic rings. The van der Waals surface area contributed by atoms with Crippen LogP contribution in [0.25, 0.3) is 23.3 Å². The maximum atomic E-state index is 3.93. The normalized spacial score (nSPS) is 18.6. The van der Waals surface area contributed by atoms with Crippen LogP contribution in [-0.2, 0) is 6.42 Å². The Morgan fingerprint density at radius 1 is 1.00 bits per heavy atom. The van der Waals surface area contributed by atoms with E-state index in [0.29, 0.717) is 5.92 Å². The lowest BCUT2D eigenvalue weighted by atomic mass is 9.81. The number of hydrogen-bond acceptors (Lipinski definition) is 0. The summed E-state index contributed by atoms with van der Waals surface area (Å²) in [6.45, 7) is 3.93. The summed E-state index contributed by atoms with van der Waals surface area (Å²) in [4.78, 5) is 0. The molecule has 0 amide bonds. The van der Waals surface area contributed by atoms with Crippen molar-refractivity contribution >= 4 is 12.2 Å². The van der Waals surface area contributed by atoms with Gasteiger partial charge in [0.25, 0.3) is 0 Å². The summed E-state index contributed by atoms with van der Waals surface area (Å²) >= 11 is 0. The minimum atomic E-state index is 0.651. The topological polar surface area (TPSA) is 0 Å². The van der Waals surface area contributed by atoms with Crippen molar-refractivity contribution in [3.05, 3.63) is 70.6 Å². The maximum Gasteiger partial charge on any atom is -0.00819 e. The highest BCUT2D eigenvalue weighted by Crippen LogP contribution is 2.29. The molecule has 0 aromatic heterocycles. The Morgan fingerprint density at radius 2 is 1.90 bits per heavy atom. The third kappa shape index (κ3) is 1.98. The molecule has 104 valence electrons. The third-order valence-electron chi connectivity index (χ3n) is 4.91. The van der Waals surface area contributed by atoms with E-state index in [4.69, 9.17) is 0 Å². The van der Waals surface area contributed by atoms with Crippen LogP contribution in [0.1, 0.15) is 36.3 Å². The molecule has 0 saturated heterocycles. The van der Waals surface area contributed by atoms with E-state index in [1.165, 1.54) is 45.5 Å². The summed E-state index contributed by atoms with van der Waals surface area (Å²) in [6.07, 6.45) is 11.5. The Morgan fingerprint density at radius 3 is 2.81 bits per heavy atom. The molecule has 0 nitrogen and oxygen atoms in total. The van der Waals surface area contributed by atoms with E-state index < -0.39 is 0 Å². The van der Waals surface area contributed by atoms with Crippen molar-refractivity contribution in [2.24, 2.45) is 0 Å². The molecule has 0 heterocycles. The SMILES string of the molecule is C=CCC1CCC=c2c1ccc1c2=CCc2ccccc2-1. The van der Waals surface area contributed by atoms with Crippen molar-refractivity contribution < 1.29 is 0 Å². The number of hydrogen-bond donors (Lipinski definition) is 0. The van der Waals surface area contributed by atoms with Crippen molar-refractivity contribution in [1.82, 2.24) is 0 Å². The smallest absolute Gasteiger partial charge is 0.00819 e. The molecule has 0 spiro atoms. The van der Waals surface area contributed by atoms with Crippen LogP contribution in [0, 0.1) is 0 Å². The van der Waals surface area contributed by atoms with Crippen molar-refractivity contribution in [2.45, 2.75) is 31.6 Å². The highest BCUT2D eigenvalue weighted by atomic mass is 14.2. The number of rotatable bonds is 2. The molecular formula is C21H20. The summed E-state index contributed by atoms with van der Waals surface area (Å²) < 4.78 is 0. The van der Waals surface area contributed by atoms with E-state index in [1.807, 2.05) is 0 Å². The Labute approximate surface area is 126 Å². The second-order valence-corrected chi connectivity index (χ2v) is 6.10. The Balaban J connectivity index is 1.97. The lowest BCUT2D eigenvalue weighted by Crippen LogP contribution is -2.35. The van der Waals surface area contributed by atoms with Gasteiger partial charge in [-0.05, 0) is 64.3 Å². The molecule has 2 aliphatic carbocycles. The molecule has 0 heteroatoms. The van der Waals surface area contributed by atoms with Crippen molar-refractivity contribution in [3.8, 4) is 11.1 Å². The first-order valence-corrected chi connectivity index (χ1v) is 7.91. The highest BCUT2D eigenvalue weighted by Gasteiger charge is 2.18. The molecular weight excluding hydrogens is 252 g/mol. The molecule has 0 saturated carbocycles. The lowest BCUT2D eigenvalue weighted by Gasteiger charge is -2.23. The van der Waals surface area contributed by atoms with Crippen LogP contribution in [0.2, 0.25) is 0 Å². The molecule has 0 bridgehead atoms. The van der Waals surface area contributed by atoms with E-state index in [-0.39, 0.29) is 0 Å². The Kier molecular flexibility index (Phi) is 3.03. The van der Waals surface area contributed by atoms with Gasteiger partial charge in [0.15, 0.2) is 0 Å². The van der Waals surface area contributed by atoms with Gasteiger partial charge in [0.1, 0.15) is 0 Å². The first-order valence-electron chi connectivity index (χ1n) is 7.91. The van der Waals surface area contributed by atoms with Gasteiger partial charge in [-0.1, -0.05) is 54.6 Å². The van der Waals surface area contributed by atoms with Crippen LogP contribution in [0.15, 0.2) is 49.1 Å². The zero-order valence-corrected chi connectivity index (χ0v) is 12.3. The van der Waals surface area contributed by atoms with Crippen LogP contribution in [0.4, 0.5) is 0 Å². The van der Waals surface area contributed by atoms with Gasteiger partial charge >= 0.3 is 0 Å². The second-order valence-electron chi connectivity index (χ2n) is 6.10. The molecule has 0 radical (unpaired) electrons. The number of allylic oxidation sites excluding steroid dienone is 1.